The zero-order valence-corrected chi connectivity index (χ0v) is 11.7. The van der Waals surface area contributed by atoms with Crippen molar-refractivity contribution in [1.29, 1.82) is 0 Å². The molecule has 0 saturated heterocycles. The summed E-state index contributed by atoms with van der Waals surface area (Å²) < 4.78 is 7.42. The third kappa shape index (κ3) is 2.25. The topological polar surface area (TPSA) is 68.3 Å². The Kier molecular flexibility index (Phi) is 3.15. The maximum Gasteiger partial charge on any atom is 0.339 e. The van der Waals surface area contributed by atoms with Crippen molar-refractivity contribution < 1.29 is 14.3 Å². The summed E-state index contributed by atoms with van der Waals surface area (Å²) in [5, 5.41) is 13.6. The highest BCUT2D eigenvalue weighted by molar-refractivity contribution is 9.10. The van der Waals surface area contributed by atoms with Crippen molar-refractivity contribution in [2.45, 2.75) is 0 Å². The van der Waals surface area contributed by atoms with Crippen molar-refractivity contribution in [2.75, 3.05) is 0 Å². The largest absolute Gasteiger partial charge is 0.478 e. The normalized spacial score (nSPS) is 10.7. The van der Waals surface area contributed by atoms with Crippen LogP contribution in [0.5, 0.6) is 0 Å². The van der Waals surface area contributed by atoms with Gasteiger partial charge < -0.3 is 9.52 Å². The van der Waals surface area contributed by atoms with E-state index >= 15 is 0 Å². The van der Waals surface area contributed by atoms with E-state index in [2.05, 4.69) is 21.0 Å². The molecule has 2 aromatic heterocycles. The summed E-state index contributed by atoms with van der Waals surface area (Å²) in [6, 6.07) is 9.14. The fraction of sp³-hybridized carbons (Fsp3) is 0. The van der Waals surface area contributed by atoms with Crippen molar-refractivity contribution in [3.63, 3.8) is 0 Å². The highest BCUT2D eigenvalue weighted by Crippen LogP contribution is 2.24. The number of rotatable bonds is 3. The molecule has 0 atom stereocenters. The van der Waals surface area contributed by atoms with Crippen molar-refractivity contribution >= 4 is 21.9 Å². The summed E-state index contributed by atoms with van der Waals surface area (Å²) in [4.78, 5) is 11.3. The standard InChI is InChI=1S/C14H9BrN2O3/c15-10-2-1-3-11(6-10)17-7-12(14(18)19)13(16-17)9-4-5-20-8-9/h1-8H,(H,18,19). The number of carboxylic acids is 1. The van der Waals surface area contributed by atoms with E-state index in [0.717, 1.165) is 10.2 Å². The molecule has 5 nitrogen and oxygen atoms in total. The molecular formula is C14H9BrN2O3. The van der Waals surface area contributed by atoms with Crippen molar-refractivity contribution in [2.24, 2.45) is 0 Å². The molecule has 2 heterocycles. The van der Waals surface area contributed by atoms with Crippen LogP contribution in [-0.2, 0) is 0 Å². The van der Waals surface area contributed by atoms with Crippen LogP contribution in [0, 0.1) is 0 Å². The quantitative estimate of drug-likeness (QED) is 0.795. The van der Waals surface area contributed by atoms with Gasteiger partial charge >= 0.3 is 5.97 Å². The molecular weight excluding hydrogens is 324 g/mol. The second-order valence-electron chi connectivity index (χ2n) is 4.13. The van der Waals surface area contributed by atoms with Crippen LogP contribution >= 0.6 is 15.9 Å². The Morgan fingerprint density at radius 3 is 2.85 bits per heavy atom. The van der Waals surface area contributed by atoms with E-state index in [-0.39, 0.29) is 5.56 Å². The van der Waals surface area contributed by atoms with E-state index < -0.39 is 5.97 Å². The fourth-order valence-corrected chi connectivity index (χ4v) is 2.28. The lowest BCUT2D eigenvalue weighted by Gasteiger charge is -2.00. The molecule has 0 aliphatic rings. The first-order valence-corrected chi connectivity index (χ1v) is 6.56. The van der Waals surface area contributed by atoms with E-state index in [0.29, 0.717) is 11.3 Å². The Morgan fingerprint density at radius 2 is 2.20 bits per heavy atom. The molecule has 0 spiro atoms. The highest BCUT2D eigenvalue weighted by atomic mass is 79.9. The second-order valence-corrected chi connectivity index (χ2v) is 5.05. The van der Waals surface area contributed by atoms with Gasteiger partial charge in [-0.3, -0.25) is 0 Å². The van der Waals surface area contributed by atoms with Crippen LogP contribution in [-0.4, -0.2) is 20.9 Å². The Bertz CT molecular complexity index is 763. The number of nitrogens with zero attached hydrogens (tertiary/aromatic N) is 2. The molecule has 0 amide bonds. The first-order chi connectivity index (χ1) is 9.65. The molecule has 0 saturated carbocycles. The van der Waals surface area contributed by atoms with E-state index in [1.807, 2.05) is 24.3 Å². The van der Waals surface area contributed by atoms with E-state index in [9.17, 15) is 9.90 Å². The lowest BCUT2D eigenvalue weighted by molar-refractivity contribution is 0.0697. The molecule has 20 heavy (non-hydrogen) atoms. The fourth-order valence-electron chi connectivity index (χ4n) is 1.89. The Hall–Kier alpha value is -2.34. The van der Waals surface area contributed by atoms with Crippen LogP contribution in [0.4, 0.5) is 0 Å². The Balaban J connectivity index is 2.15. The number of aromatic carboxylic acids is 1. The molecule has 3 rings (SSSR count). The molecule has 1 N–H and O–H groups in total. The molecule has 0 aliphatic carbocycles. The maximum atomic E-state index is 11.3. The van der Waals surface area contributed by atoms with Gasteiger partial charge in [-0.05, 0) is 24.3 Å². The number of hydrogen-bond donors (Lipinski definition) is 1. The van der Waals surface area contributed by atoms with Crippen LogP contribution in [0.25, 0.3) is 16.9 Å². The van der Waals surface area contributed by atoms with Crippen LogP contribution in [0.1, 0.15) is 10.4 Å². The zero-order valence-electron chi connectivity index (χ0n) is 10.2. The van der Waals surface area contributed by atoms with Crippen LogP contribution in [0.15, 0.2) is 57.9 Å². The van der Waals surface area contributed by atoms with Crippen molar-refractivity contribution in [1.82, 2.24) is 9.78 Å². The molecule has 1 aromatic carbocycles. The third-order valence-electron chi connectivity index (χ3n) is 2.81. The van der Waals surface area contributed by atoms with Gasteiger partial charge in [0.15, 0.2) is 0 Å². The van der Waals surface area contributed by atoms with Crippen LogP contribution in [0.2, 0.25) is 0 Å². The first-order valence-electron chi connectivity index (χ1n) is 5.76. The van der Waals surface area contributed by atoms with Gasteiger partial charge in [0.1, 0.15) is 11.3 Å². The molecule has 0 bridgehead atoms. The Labute approximate surface area is 122 Å². The SMILES string of the molecule is O=C(O)c1cn(-c2cccc(Br)c2)nc1-c1ccoc1. The van der Waals surface area contributed by atoms with Gasteiger partial charge in [0, 0.05) is 16.2 Å². The molecule has 6 heteroatoms. The van der Waals surface area contributed by atoms with Gasteiger partial charge in [-0.2, -0.15) is 5.10 Å². The zero-order chi connectivity index (χ0) is 14.1. The number of halogens is 1. The van der Waals surface area contributed by atoms with Crippen molar-refractivity contribution in [3.05, 3.63) is 59.1 Å². The van der Waals surface area contributed by atoms with E-state index in [1.165, 1.54) is 23.4 Å². The molecule has 0 unspecified atom stereocenters. The van der Waals surface area contributed by atoms with E-state index in [4.69, 9.17) is 4.42 Å². The third-order valence-corrected chi connectivity index (χ3v) is 3.31. The average Bonchev–Trinajstić information content (AvgIpc) is 3.08. The summed E-state index contributed by atoms with van der Waals surface area (Å²) in [6.07, 6.45) is 4.45. The second kappa shape index (κ2) is 4.97. The van der Waals surface area contributed by atoms with Gasteiger partial charge in [0.05, 0.1) is 18.2 Å². The monoisotopic (exact) mass is 332 g/mol. The van der Waals surface area contributed by atoms with Gasteiger partial charge in [0.2, 0.25) is 0 Å². The lowest BCUT2D eigenvalue weighted by Crippen LogP contribution is -1.96. The minimum Gasteiger partial charge on any atom is -0.478 e. The van der Waals surface area contributed by atoms with Crippen LogP contribution in [0.3, 0.4) is 0 Å². The molecule has 0 fully saturated rings. The minimum absolute atomic E-state index is 0.131. The number of furan rings is 1. The number of carbonyl (C=O) groups is 1. The number of benzene rings is 1. The van der Waals surface area contributed by atoms with E-state index in [1.54, 1.807) is 6.07 Å². The summed E-state index contributed by atoms with van der Waals surface area (Å²) in [7, 11) is 0. The molecule has 0 radical (unpaired) electrons. The number of carboxylic acid groups (broad SMARTS) is 1. The van der Waals surface area contributed by atoms with Crippen molar-refractivity contribution in [3.8, 4) is 16.9 Å². The number of aromatic nitrogens is 2. The van der Waals surface area contributed by atoms with Crippen LogP contribution < -0.4 is 0 Å². The molecule has 0 aliphatic heterocycles. The summed E-state index contributed by atoms with van der Waals surface area (Å²) in [6.45, 7) is 0. The smallest absolute Gasteiger partial charge is 0.339 e. The number of hydrogen-bond acceptors (Lipinski definition) is 3. The molecule has 3 aromatic rings. The summed E-state index contributed by atoms with van der Waals surface area (Å²) >= 11 is 3.38. The van der Waals surface area contributed by atoms with Gasteiger partial charge in [-0.25, -0.2) is 9.48 Å². The summed E-state index contributed by atoms with van der Waals surface area (Å²) in [5.41, 5.74) is 1.92. The highest BCUT2D eigenvalue weighted by Gasteiger charge is 2.18. The Morgan fingerprint density at radius 1 is 1.35 bits per heavy atom. The lowest BCUT2D eigenvalue weighted by atomic mass is 10.1. The predicted octanol–water partition coefficient (Wildman–Crippen LogP) is 3.59. The first kappa shape index (κ1) is 12.7. The average molecular weight is 333 g/mol. The summed E-state index contributed by atoms with van der Waals surface area (Å²) in [5.74, 6) is -1.03. The minimum atomic E-state index is -1.03. The predicted molar refractivity (Wildman–Crippen MR) is 75.9 cm³/mol. The van der Waals surface area contributed by atoms with Gasteiger partial charge in [-0.15, -0.1) is 0 Å². The maximum absolute atomic E-state index is 11.3. The van der Waals surface area contributed by atoms with Gasteiger partial charge in [0.25, 0.3) is 0 Å². The molecule has 100 valence electrons. The van der Waals surface area contributed by atoms with Gasteiger partial charge in [-0.1, -0.05) is 22.0 Å².